The number of nitrogens with two attached hydrogens (primary N) is 1. The van der Waals surface area contributed by atoms with E-state index in [0.717, 1.165) is 17.6 Å². The monoisotopic (exact) mass is 335 g/mol. The van der Waals surface area contributed by atoms with Crippen LogP contribution in [0.4, 0.5) is 4.39 Å². The van der Waals surface area contributed by atoms with Crippen molar-refractivity contribution in [2.75, 3.05) is 6.54 Å². The fraction of sp³-hybridized carbons (Fsp3) is 0.150. The molecule has 0 fully saturated rings. The molecule has 126 valence electrons. The Balaban J connectivity index is 1.66. The first-order valence-electron chi connectivity index (χ1n) is 8.22. The van der Waals surface area contributed by atoms with Crippen molar-refractivity contribution in [2.24, 2.45) is 5.73 Å². The van der Waals surface area contributed by atoms with Crippen LogP contribution in [0.25, 0.3) is 22.4 Å². The van der Waals surface area contributed by atoms with Gasteiger partial charge in [-0.05, 0) is 42.8 Å². The summed E-state index contributed by atoms with van der Waals surface area (Å²) in [7, 11) is 0. The fourth-order valence-corrected chi connectivity index (χ4v) is 3.12. The van der Waals surface area contributed by atoms with E-state index in [4.69, 9.17) is 10.2 Å². The van der Waals surface area contributed by atoms with E-state index in [1.165, 1.54) is 23.1 Å². The molecule has 0 saturated carbocycles. The molecule has 2 N–H and O–H groups in total. The summed E-state index contributed by atoms with van der Waals surface area (Å²) in [6, 6.07) is 14.5. The van der Waals surface area contributed by atoms with Gasteiger partial charge in [0.05, 0.1) is 12.2 Å². The van der Waals surface area contributed by atoms with Crippen LogP contribution < -0.4 is 5.73 Å². The van der Waals surface area contributed by atoms with Gasteiger partial charge in [0.15, 0.2) is 0 Å². The van der Waals surface area contributed by atoms with E-state index in [2.05, 4.69) is 27.9 Å². The van der Waals surface area contributed by atoms with Crippen molar-refractivity contribution in [1.82, 2.24) is 9.55 Å². The Kier molecular flexibility index (Phi) is 4.07. The van der Waals surface area contributed by atoms with Gasteiger partial charge in [-0.25, -0.2) is 9.37 Å². The summed E-state index contributed by atoms with van der Waals surface area (Å²) < 4.78 is 21.1. The minimum atomic E-state index is -0.305. The zero-order valence-electron chi connectivity index (χ0n) is 13.7. The number of hydrogen-bond donors (Lipinski definition) is 1. The molecule has 2 aromatic carbocycles. The molecule has 0 aliphatic heterocycles. The Labute approximate surface area is 144 Å². The Morgan fingerprint density at radius 2 is 2.00 bits per heavy atom. The predicted octanol–water partition coefficient (Wildman–Crippen LogP) is 3.98. The Morgan fingerprint density at radius 1 is 1.12 bits per heavy atom. The van der Waals surface area contributed by atoms with Gasteiger partial charge < -0.3 is 14.7 Å². The van der Waals surface area contributed by atoms with Crippen molar-refractivity contribution < 1.29 is 8.81 Å². The summed E-state index contributed by atoms with van der Waals surface area (Å²) in [5.74, 6) is 0.119. The lowest BCUT2D eigenvalue weighted by molar-refractivity contribution is 0.569. The van der Waals surface area contributed by atoms with Gasteiger partial charge in [-0.2, -0.15) is 0 Å². The minimum absolute atomic E-state index is 0.305. The molecule has 5 heteroatoms. The number of fused-ring (bicyclic) bond motifs is 1. The second-order valence-corrected chi connectivity index (χ2v) is 5.99. The number of nitrogens with zero attached hydrogens (tertiary/aromatic N) is 2. The molecule has 0 amide bonds. The maximum absolute atomic E-state index is 13.4. The average Bonchev–Trinajstić information content (AvgIpc) is 3.22. The van der Waals surface area contributed by atoms with Gasteiger partial charge in [0.1, 0.15) is 12.1 Å². The van der Waals surface area contributed by atoms with Gasteiger partial charge in [-0.3, -0.25) is 0 Å². The van der Waals surface area contributed by atoms with E-state index >= 15 is 0 Å². The highest BCUT2D eigenvalue weighted by atomic mass is 19.1. The van der Waals surface area contributed by atoms with Crippen LogP contribution in [0.3, 0.4) is 0 Å². The van der Waals surface area contributed by atoms with Crippen molar-refractivity contribution >= 4 is 10.9 Å². The zero-order valence-corrected chi connectivity index (χ0v) is 13.7. The SMILES string of the molecule is NCCc1cn(Cc2coc(-c3cccc(F)c3)n2)c2ccccc12. The van der Waals surface area contributed by atoms with Gasteiger partial charge in [0.25, 0.3) is 0 Å². The molecule has 0 bridgehead atoms. The highest BCUT2D eigenvalue weighted by molar-refractivity contribution is 5.84. The minimum Gasteiger partial charge on any atom is -0.444 e. The van der Waals surface area contributed by atoms with Crippen LogP contribution in [0.15, 0.2) is 65.4 Å². The average molecular weight is 335 g/mol. The van der Waals surface area contributed by atoms with Crippen LogP contribution in [-0.4, -0.2) is 16.1 Å². The van der Waals surface area contributed by atoms with Gasteiger partial charge in [-0.1, -0.05) is 24.3 Å². The summed E-state index contributed by atoms with van der Waals surface area (Å²) in [6.45, 7) is 1.20. The first-order valence-corrected chi connectivity index (χ1v) is 8.22. The summed E-state index contributed by atoms with van der Waals surface area (Å²) in [5, 5.41) is 1.21. The second-order valence-electron chi connectivity index (χ2n) is 5.99. The van der Waals surface area contributed by atoms with Gasteiger partial charge in [0, 0.05) is 22.7 Å². The third-order valence-corrected chi connectivity index (χ3v) is 4.24. The van der Waals surface area contributed by atoms with Crippen LogP contribution in [0.2, 0.25) is 0 Å². The molecule has 0 radical (unpaired) electrons. The molecular weight excluding hydrogens is 317 g/mol. The van der Waals surface area contributed by atoms with Crippen LogP contribution in [0.5, 0.6) is 0 Å². The molecular formula is C20H18FN3O. The number of oxazole rings is 1. The van der Waals surface area contributed by atoms with Gasteiger partial charge >= 0.3 is 0 Å². The lowest BCUT2D eigenvalue weighted by atomic mass is 10.1. The highest BCUT2D eigenvalue weighted by Gasteiger charge is 2.11. The molecule has 0 saturated heterocycles. The molecule has 0 aliphatic rings. The maximum atomic E-state index is 13.4. The van der Waals surface area contributed by atoms with E-state index in [0.29, 0.717) is 24.5 Å². The van der Waals surface area contributed by atoms with Gasteiger partial charge in [-0.15, -0.1) is 0 Å². The van der Waals surface area contributed by atoms with Crippen LogP contribution in [0.1, 0.15) is 11.3 Å². The Hall–Kier alpha value is -2.92. The predicted molar refractivity (Wildman–Crippen MR) is 95.7 cm³/mol. The topological polar surface area (TPSA) is 57.0 Å². The summed E-state index contributed by atoms with van der Waals surface area (Å²) in [4.78, 5) is 4.50. The van der Waals surface area contributed by atoms with Crippen molar-refractivity contribution in [3.05, 3.63) is 78.1 Å². The number of benzene rings is 2. The number of halogens is 1. The molecule has 0 unspecified atom stereocenters. The first-order chi connectivity index (χ1) is 12.2. The Bertz CT molecular complexity index is 1020. The number of para-hydroxylation sites is 1. The van der Waals surface area contributed by atoms with Crippen molar-refractivity contribution in [2.45, 2.75) is 13.0 Å². The third-order valence-electron chi connectivity index (χ3n) is 4.24. The molecule has 4 aromatic rings. The van der Waals surface area contributed by atoms with Crippen molar-refractivity contribution in [3.63, 3.8) is 0 Å². The van der Waals surface area contributed by atoms with Gasteiger partial charge in [0.2, 0.25) is 5.89 Å². The molecule has 0 spiro atoms. The number of aromatic nitrogens is 2. The summed E-state index contributed by atoms with van der Waals surface area (Å²) >= 11 is 0. The van der Waals surface area contributed by atoms with E-state index in [9.17, 15) is 4.39 Å². The molecule has 0 aliphatic carbocycles. The van der Waals surface area contributed by atoms with E-state index in [1.807, 2.05) is 12.1 Å². The smallest absolute Gasteiger partial charge is 0.226 e. The van der Waals surface area contributed by atoms with Crippen LogP contribution in [0, 0.1) is 5.82 Å². The van der Waals surface area contributed by atoms with Crippen molar-refractivity contribution in [3.8, 4) is 11.5 Å². The molecule has 2 heterocycles. The standard InChI is InChI=1S/C20H18FN3O/c21-16-5-3-4-14(10-16)20-23-17(13-25-20)12-24-11-15(8-9-22)18-6-1-2-7-19(18)24/h1-7,10-11,13H,8-9,12,22H2. The molecule has 4 nitrogen and oxygen atoms in total. The normalized spacial score (nSPS) is 11.3. The van der Waals surface area contributed by atoms with E-state index < -0.39 is 0 Å². The quantitative estimate of drug-likeness (QED) is 0.600. The maximum Gasteiger partial charge on any atom is 0.226 e. The third kappa shape index (κ3) is 3.06. The zero-order chi connectivity index (χ0) is 17.2. The van der Waals surface area contributed by atoms with Crippen LogP contribution in [-0.2, 0) is 13.0 Å². The fourth-order valence-electron chi connectivity index (χ4n) is 3.12. The molecule has 2 aromatic heterocycles. The first kappa shape index (κ1) is 15.6. The number of rotatable bonds is 5. The number of hydrogen-bond acceptors (Lipinski definition) is 3. The Morgan fingerprint density at radius 3 is 2.84 bits per heavy atom. The molecule has 25 heavy (non-hydrogen) atoms. The summed E-state index contributed by atoms with van der Waals surface area (Å²) in [6.07, 6.45) is 4.58. The second kappa shape index (κ2) is 6.53. The van der Waals surface area contributed by atoms with Crippen molar-refractivity contribution in [1.29, 1.82) is 0 Å². The van der Waals surface area contributed by atoms with Crippen LogP contribution >= 0.6 is 0 Å². The van der Waals surface area contributed by atoms with E-state index in [1.54, 1.807) is 18.4 Å². The molecule has 4 rings (SSSR count). The lowest BCUT2D eigenvalue weighted by Gasteiger charge is -2.01. The van der Waals surface area contributed by atoms with E-state index in [-0.39, 0.29) is 5.82 Å². The lowest BCUT2D eigenvalue weighted by Crippen LogP contribution is -2.02. The highest BCUT2D eigenvalue weighted by Crippen LogP contribution is 2.24. The largest absolute Gasteiger partial charge is 0.444 e. The molecule has 0 atom stereocenters. The summed E-state index contributed by atoms with van der Waals surface area (Å²) in [5.41, 5.74) is 9.52.